The number of hydrogen-bond donors (Lipinski definition) is 2. The lowest BCUT2D eigenvalue weighted by molar-refractivity contribution is -0.384. The van der Waals surface area contributed by atoms with Gasteiger partial charge in [-0.25, -0.2) is 4.79 Å². The van der Waals surface area contributed by atoms with E-state index in [1.807, 2.05) is 0 Å². The smallest absolute Gasteiger partial charge is 0.407 e. The summed E-state index contributed by atoms with van der Waals surface area (Å²) in [5.41, 5.74) is 0.556. The molecule has 2 amide bonds. The Morgan fingerprint density at radius 1 is 1.26 bits per heavy atom. The van der Waals surface area contributed by atoms with Crippen LogP contribution >= 0.6 is 11.8 Å². The molecule has 2 N–H and O–H groups in total. The van der Waals surface area contributed by atoms with Crippen molar-refractivity contribution in [2.24, 2.45) is 5.92 Å². The second kappa shape index (κ2) is 11.3. The Balaban J connectivity index is 1.73. The molecule has 1 heterocycles. The number of nitrogens with zero attached hydrogens (tertiary/aromatic N) is 1. The third-order valence-corrected chi connectivity index (χ3v) is 11.7. The predicted molar refractivity (Wildman–Crippen MR) is 132 cm³/mol. The van der Waals surface area contributed by atoms with Crippen LogP contribution in [0.4, 0.5) is 10.5 Å². The first kappa shape index (κ1) is 27.8. The van der Waals surface area contributed by atoms with Crippen LogP contribution in [-0.4, -0.2) is 48.4 Å². The zero-order valence-electron chi connectivity index (χ0n) is 20.4. The fourth-order valence-corrected chi connectivity index (χ4v) is 4.97. The van der Waals surface area contributed by atoms with E-state index in [0.29, 0.717) is 5.56 Å². The molecule has 1 aromatic carbocycles. The molecule has 0 radical (unpaired) electrons. The first-order valence-electron chi connectivity index (χ1n) is 11.0. The average Bonchev–Trinajstić information content (AvgIpc) is 2.71. The fraction of sp³-hybridized carbons (Fsp3) is 0.591. The second-order valence-corrected chi connectivity index (χ2v) is 15.9. The zero-order valence-corrected chi connectivity index (χ0v) is 22.2. The number of benzene rings is 1. The highest BCUT2D eigenvalue weighted by Gasteiger charge is 2.44. The first-order valence-corrected chi connectivity index (χ1v) is 14.8. The van der Waals surface area contributed by atoms with Crippen LogP contribution in [-0.2, 0) is 25.4 Å². The molecule has 10 nitrogen and oxygen atoms in total. The van der Waals surface area contributed by atoms with Gasteiger partial charge in [-0.15, -0.1) is 0 Å². The van der Waals surface area contributed by atoms with Crippen molar-refractivity contribution < 1.29 is 28.5 Å². The fourth-order valence-electron chi connectivity index (χ4n) is 2.77. The first-order chi connectivity index (χ1) is 15.7. The van der Waals surface area contributed by atoms with Crippen molar-refractivity contribution in [3.8, 4) is 0 Å². The van der Waals surface area contributed by atoms with E-state index in [0.717, 1.165) is 11.8 Å². The summed E-state index contributed by atoms with van der Waals surface area (Å²) in [5.74, 6) is -0.497. The van der Waals surface area contributed by atoms with Crippen molar-refractivity contribution in [1.82, 2.24) is 10.6 Å². The molecule has 0 aliphatic carbocycles. The maximum absolute atomic E-state index is 12.4. The quantitative estimate of drug-likeness (QED) is 0.208. The van der Waals surface area contributed by atoms with Crippen molar-refractivity contribution in [3.05, 3.63) is 39.9 Å². The van der Waals surface area contributed by atoms with Gasteiger partial charge in [-0.1, -0.05) is 32.5 Å². The van der Waals surface area contributed by atoms with E-state index in [1.165, 1.54) is 24.3 Å². The summed E-state index contributed by atoms with van der Waals surface area (Å²) in [6.45, 7) is 12.5. The topological polar surface area (TPSA) is 137 Å². The summed E-state index contributed by atoms with van der Waals surface area (Å²) in [4.78, 5) is 46.6. The maximum atomic E-state index is 12.4. The largest absolute Gasteiger partial charge is 0.445 e. The van der Waals surface area contributed by atoms with Crippen LogP contribution in [0.15, 0.2) is 24.3 Å². The van der Waals surface area contributed by atoms with Gasteiger partial charge < -0.3 is 19.8 Å². The van der Waals surface area contributed by atoms with E-state index in [4.69, 9.17) is 9.16 Å². The summed E-state index contributed by atoms with van der Waals surface area (Å²) in [5, 5.41) is 15.5. The molecule has 3 atom stereocenters. The van der Waals surface area contributed by atoms with Crippen LogP contribution in [0, 0.1) is 16.0 Å². The third kappa shape index (κ3) is 7.81. The van der Waals surface area contributed by atoms with Gasteiger partial charge in [0.05, 0.1) is 16.2 Å². The Labute approximate surface area is 204 Å². The highest BCUT2D eigenvalue weighted by atomic mass is 32.2. The SMILES string of the molecule is C[C@H](CC(=O)S[C@H]1NC(=O)[C@@H]1CO[Si](C)(C)C(C)(C)C)NC(=O)OCc1ccc([N+](=O)[O-])cc1. The number of β-lactam (4-membered cyclic amide) rings is 1. The van der Waals surface area contributed by atoms with Gasteiger partial charge in [0.1, 0.15) is 6.61 Å². The number of non-ortho nitro benzene ring substituents is 1. The predicted octanol–water partition coefficient (Wildman–Crippen LogP) is 3.95. The second-order valence-electron chi connectivity index (χ2n) is 9.85. The van der Waals surface area contributed by atoms with E-state index in [2.05, 4.69) is 44.5 Å². The van der Waals surface area contributed by atoms with Crippen LogP contribution in [0.25, 0.3) is 0 Å². The van der Waals surface area contributed by atoms with Gasteiger partial charge in [-0.2, -0.15) is 0 Å². The number of carbonyl (C=O) groups excluding carboxylic acids is 3. The number of ether oxygens (including phenoxy) is 1. The van der Waals surface area contributed by atoms with Crippen molar-refractivity contribution in [1.29, 1.82) is 0 Å². The van der Waals surface area contributed by atoms with Gasteiger partial charge in [0.2, 0.25) is 5.91 Å². The molecule has 34 heavy (non-hydrogen) atoms. The molecule has 1 aliphatic heterocycles. The number of amides is 2. The number of hydrogen-bond acceptors (Lipinski definition) is 8. The number of alkyl carbamates (subject to hydrolysis) is 1. The molecule has 0 bridgehead atoms. The molecule has 1 fully saturated rings. The molecule has 12 heteroatoms. The van der Waals surface area contributed by atoms with E-state index in [1.54, 1.807) is 6.92 Å². The number of nitrogens with one attached hydrogen (secondary N) is 2. The van der Waals surface area contributed by atoms with E-state index < -0.39 is 25.4 Å². The van der Waals surface area contributed by atoms with Crippen molar-refractivity contribution >= 4 is 42.9 Å². The Hall–Kier alpha value is -2.44. The van der Waals surface area contributed by atoms with E-state index in [-0.39, 0.29) is 52.7 Å². The van der Waals surface area contributed by atoms with Gasteiger partial charge in [0, 0.05) is 31.2 Å². The van der Waals surface area contributed by atoms with Crippen LogP contribution in [0.5, 0.6) is 0 Å². The lowest BCUT2D eigenvalue weighted by Gasteiger charge is -2.41. The van der Waals surface area contributed by atoms with Crippen LogP contribution in [0.3, 0.4) is 0 Å². The summed E-state index contributed by atoms with van der Waals surface area (Å²) >= 11 is 1.04. The molecule has 0 aromatic heterocycles. The standard InChI is InChI=1S/C22H33N3O7SSi/c1-14(23-21(28)31-12-15-7-9-16(10-8-15)25(29)30)11-18(26)33-20-17(19(27)24-20)13-32-34(5,6)22(2,3)4/h7-10,14,17,20H,11-13H2,1-6H3,(H,23,28)(H,24,27)/t14-,17+,20-/m1/s1. The number of carbonyl (C=O) groups is 3. The molecule has 0 saturated carbocycles. The third-order valence-electron chi connectivity index (χ3n) is 6.03. The number of nitro groups is 1. The Morgan fingerprint density at radius 2 is 1.88 bits per heavy atom. The molecule has 0 unspecified atom stereocenters. The van der Waals surface area contributed by atoms with E-state index in [9.17, 15) is 24.5 Å². The molecule has 188 valence electrons. The molecule has 0 spiro atoms. The molecule has 1 saturated heterocycles. The lowest BCUT2D eigenvalue weighted by atomic mass is 10.0. The van der Waals surface area contributed by atoms with Crippen LogP contribution in [0.1, 0.15) is 39.7 Å². The summed E-state index contributed by atoms with van der Waals surface area (Å²) in [6, 6.07) is 5.21. The van der Waals surface area contributed by atoms with Gasteiger partial charge in [-0.05, 0) is 42.8 Å². The average molecular weight is 512 g/mol. The summed E-state index contributed by atoms with van der Waals surface area (Å²) < 4.78 is 11.3. The monoisotopic (exact) mass is 511 g/mol. The van der Waals surface area contributed by atoms with Gasteiger partial charge >= 0.3 is 6.09 Å². The maximum Gasteiger partial charge on any atom is 0.407 e. The lowest BCUT2D eigenvalue weighted by Crippen LogP contribution is -2.59. The molecular formula is C22H33N3O7SSi. The van der Waals surface area contributed by atoms with E-state index >= 15 is 0 Å². The summed E-state index contributed by atoms with van der Waals surface area (Å²) in [6.07, 6.45) is -0.624. The molecule has 2 rings (SSSR count). The van der Waals surface area contributed by atoms with Gasteiger partial charge in [0.15, 0.2) is 13.4 Å². The van der Waals surface area contributed by atoms with Crippen LogP contribution < -0.4 is 10.6 Å². The number of rotatable bonds is 10. The van der Waals surface area contributed by atoms with Crippen molar-refractivity contribution in [3.63, 3.8) is 0 Å². The minimum Gasteiger partial charge on any atom is -0.445 e. The number of nitro benzene ring substituents is 1. The number of thioether (sulfide) groups is 1. The zero-order chi connectivity index (χ0) is 25.7. The Kier molecular flexibility index (Phi) is 9.26. The highest BCUT2D eigenvalue weighted by molar-refractivity contribution is 8.14. The van der Waals surface area contributed by atoms with Crippen molar-refractivity contribution in [2.75, 3.05) is 6.61 Å². The molecule has 1 aromatic rings. The highest BCUT2D eigenvalue weighted by Crippen LogP contribution is 2.38. The molecular weight excluding hydrogens is 478 g/mol. The summed E-state index contributed by atoms with van der Waals surface area (Å²) in [7, 11) is -2.00. The Morgan fingerprint density at radius 3 is 2.41 bits per heavy atom. The minimum atomic E-state index is -2.00. The normalized spacial score (nSPS) is 18.9. The van der Waals surface area contributed by atoms with Crippen LogP contribution in [0.2, 0.25) is 18.1 Å². The van der Waals surface area contributed by atoms with Gasteiger partial charge in [-0.3, -0.25) is 19.7 Å². The Bertz CT molecular complexity index is 918. The minimum absolute atomic E-state index is 0.0276. The molecule has 1 aliphatic rings. The van der Waals surface area contributed by atoms with Gasteiger partial charge in [0.25, 0.3) is 5.69 Å². The van der Waals surface area contributed by atoms with Crippen molar-refractivity contribution in [2.45, 2.75) is 70.3 Å².